The average molecular weight is 386 g/mol. The Bertz CT molecular complexity index is 448. The van der Waals surface area contributed by atoms with Gasteiger partial charge in [-0.05, 0) is 24.5 Å². The molecule has 5 heteroatoms. The number of aliphatic imine (C=N–C) groups is 1. The van der Waals surface area contributed by atoms with Gasteiger partial charge in [0, 0.05) is 38.9 Å². The van der Waals surface area contributed by atoms with E-state index in [0.717, 1.165) is 38.1 Å². The van der Waals surface area contributed by atoms with Gasteiger partial charge < -0.3 is 15.1 Å². The molecule has 2 aliphatic heterocycles. The van der Waals surface area contributed by atoms with Crippen LogP contribution in [0.5, 0.6) is 0 Å². The Morgan fingerprint density at radius 1 is 1.25 bits per heavy atom. The van der Waals surface area contributed by atoms with Crippen molar-refractivity contribution in [2.75, 3.05) is 44.7 Å². The smallest absolute Gasteiger partial charge is 0.193 e. The number of guanidine groups is 1. The third kappa shape index (κ3) is 3.56. The maximum atomic E-state index is 4.47. The molecular weight excluding hydrogens is 363 g/mol. The summed E-state index contributed by atoms with van der Waals surface area (Å²) in [5, 5.41) is 3.49. The number of likely N-dealkylation sites (N-methyl/N-ethyl adjacent to an activating group) is 1. The lowest BCUT2D eigenvalue weighted by Gasteiger charge is -2.20. The lowest BCUT2D eigenvalue weighted by atomic mass is 10.1. The molecule has 20 heavy (non-hydrogen) atoms. The molecule has 0 aromatic heterocycles. The number of nitrogens with zero attached hydrogens (tertiary/aromatic N) is 3. The van der Waals surface area contributed by atoms with Gasteiger partial charge in [0.05, 0.1) is 6.54 Å². The second-order valence-corrected chi connectivity index (χ2v) is 5.44. The van der Waals surface area contributed by atoms with Gasteiger partial charge in [-0.15, -0.1) is 24.0 Å². The summed E-state index contributed by atoms with van der Waals surface area (Å²) in [6.45, 7) is 5.32. The summed E-state index contributed by atoms with van der Waals surface area (Å²) < 4.78 is 0. The van der Waals surface area contributed by atoms with Gasteiger partial charge in [-0.25, -0.2) is 0 Å². The Balaban J connectivity index is 0.00000147. The van der Waals surface area contributed by atoms with Crippen molar-refractivity contribution in [1.29, 1.82) is 0 Å². The van der Waals surface area contributed by atoms with E-state index in [1.54, 1.807) is 0 Å². The molecule has 1 N–H and O–H groups in total. The first-order valence-electron chi connectivity index (χ1n) is 7.12. The lowest BCUT2D eigenvalue weighted by Crippen LogP contribution is -2.38. The number of anilines is 1. The van der Waals surface area contributed by atoms with Crippen LogP contribution in [0.25, 0.3) is 0 Å². The van der Waals surface area contributed by atoms with Crippen LogP contribution in [0.3, 0.4) is 0 Å². The molecule has 1 atom stereocenters. The molecule has 0 saturated carbocycles. The molecule has 0 aliphatic carbocycles. The van der Waals surface area contributed by atoms with E-state index in [4.69, 9.17) is 0 Å². The summed E-state index contributed by atoms with van der Waals surface area (Å²) in [6, 6.07) is 10.7. The Hall–Kier alpha value is -0.980. The largest absolute Gasteiger partial charge is 0.371 e. The molecule has 0 radical (unpaired) electrons. The molecule has 1 aromatic rings. The molecule has 110 valence electrons. The highest BCUT2D eigenvalue weighted by Gasteiger charge is 2.23. The third-order valence-corrected chi connectivity index (χ3v) is 4.01. The minimum atomic E-state index is 0. The Morgan fingerprint density at radius 2 is 2.05 bits per heavy atom. The summed E-state index contributed by atoms with van der Waals surface area (Å²) in [4.78, 5) is 9.15. The highest BCUT2D eigenvalue weighted by molar-refractivity contribution is 14.0. The molecule has 4 nitrogen and oxygen atoms in total. The van der Waals surface area contributed by atoms with Crippen LogP contribution in [0.4, 0.5) is 5.69 Å². The standard InChI is InChI=1S/C15H22N4.HI/c1-18-10-8-16-15(18)17-11-13-7-9-19(12-13)14-5-3-2-4-6-14;/h2-6,13H,7-12H2,1H3,(H,16,17);1H. The summed E-state index contributed by atoms with van der Waals surface area (Å²) in [5.74, 6) is 1.79. The first-order chi connectivity index (χ1) is 9.33. The molecule has 2 aliphatic rings. The zero-order valence-corrected chi connectivity index (χ0v) is 14.3. The molecule has 1 fully saturated rings. The highest BCUT2D eigenvalue weighted by Crippen LogP contribution is 2.22. The molecule has 0 bridgehead atoms. The second-order valence-electron chi connectivity index (χ2n) is 5.44. The van der Waals surface area contributed by atoms with Crippen molar-refractivity contribution < 1.29 is 0 Å². The van der Waals surface area contributed by atoms with Gasteiger partial charge in [0.2, 0.25) is 0 Å². The number of nitrogens with one attached hydrogen (secondary N) is 1. The maximum Gasteiger partial charge on any atom is 0.193 e. The van der Waals surface area contributed by atoms with Crippen molar-refractivity contribution in [1.82, 2.24) is 10.2 Å². The zero-order valence-electron chi connectivity index (χ0n) is 12.0. The van der Waals surface area contributed by atoms with E-state index in [1.165, 1.54) is 18.7 Å². The van der Waals surface area contributed by atoms with Gasteiger partial charge >= 0.3 is 0 Å². The predicted molar refractivity (Wildman–Crippen MR) is 95.1 cm³/mol. The van der Waals surface area contributed by atoms with E-state index in [-0.39, 0.29) is 24.0 Å². The number of hydrogen-bond donors (Lipinski definition) is 1. The van der Waals surface area contributed by atoms with Gasteiger partial charge in [0.15, 0.2) is 5.96 Å². The van der Waals surface area contributed by atoms with E-state index in [0.29, 0.717) is 0 Å². The number of hydrogen-bond acceptors (Lipinski definition) is 4. The molecule has 0 amide bonds. The van der Waals surface area contributed by atoms with Gasteiger partial charge in [-0.1, -0.05) is 18.2 Å². The summed E-state index contributed by atoms with van der Waals surface area (Å²) >= 11 is 0. The van der Waals surface area contributed by atoms with Gasteiger partial charge in [-0.3, -0.25) is 4.99 Å². The molecule has 1 saturated heterocycles. The van der Waals surface area contributed by atoms with Gasteiger partial charge in [0.1, 0.15) is 0 Å². The molecular formula is C15H23IN4. The van der Waals surface area contributed by atoms with Crippen LogP contribution in [-0.2, 0) is 0 Å². The van der Waals surface area contributed by atoms with Gasteiger partial charge in [-0.2, -0.15) is 0 Å². The number of benzene rings is 1. The first kappa shape index (κ1) is 15.4. The van der Waals surface area contributed by atoms with E-state index >= 15 is 0 Å². The van der Waals surface area contributed by atoms with Crippen molar-refractivity contribution in [3.63, 3.8) is 0 Å². The van der Waals surface area contributed by atoms with E-state index in [9.17, 15) is 0 Å². The fourth-order valence-corrected chi connectivity index (χ4v) is 2.83. The molecule has 0 spiro atoms. The van der Waals surface area contributed by atoms with Crippen LogP contribution >= 0.6 is 24.0 Å². The Kier molecular flexibility index (Phi) is 5.51. The quantitative estimate of drug-likeness (QED) is 0.807. The van der Waals surface area contributed by atoms with Crippen LogP contribution in [-0.4, -0.2) is 50.6 Å². The Morgan fingerprint density at radius 3 is 2.75 bits per heavy atom. The van der Waals surface area contributed by atoms with Crippen LogP contribution in [0.15, 0.2) is 35.3 Å². The van der Waals surface area contributed by atoms with Crippen LogP contribution < -0.4 is 10.2 Å². The summed E-state index contributed by atoms with van der Waals surface area (Å²) in [5.41, 5.74) is 1.35. The first-order valence-corrected chi connectivity index (χ1v) is 7.12. The Labute approximate surface area is 138 Å². The minimum absolute atomic E-state index is 0. The third-order valence-electron chi connectivity index (χ3n) is 4.01. The van der Waals surface area contributed by atoms with E-state index in [1.807, 2.05) is 0 Å². The van der Waals surface area contributed by atoms with Crippen LogP contribution in [0.1, 0.15) is 6.42 Å². The van der Waals surface area contributed by atoms with Crippen molar-refractivity contribution in [2.45, 2.75) is 6.42 Å². The van der Waals surface area contributed by atoms with Gasteiger partial charge in [0.25, 0.3) is 0 Å². The van der Waals surface area contributed by atoms with Crippen molar-refractivity contribution >= 4 is 35.6 Å². The van der Waals surface area contributed by atoms with E-state index in [2.05, 4.69) is 57.5 Å². The van der Waals surface area contributed by atoms with E-state index < -0.39 is 0 Å². The molecule has 1 aromatic carbocycles. The fourth-order valence-electron chi connectivity index (χ4n) is 2.83. The van der Waals surface area contributed by atoms with Crippen molar-refractivity contribution in [3.8, 4) is 0 Å². The SMILES string of the molecule is CN1CCN=C1NCC1CCN(c2ccccc2)C1.I. The zero-order chi connectivity index (χ0) is 13.1. The molecule has 2 heterocycles. The normalized spacial score (nSPS) is 21.6. The molecule has 1 unspecified atom stereocenters. The second kappa shape index (κ2) is 7.15. The van der Waals surface area contributed by atoms with Crippen LogP contribution in [0.2, 0.25) is 0 Å². The van der Waals surface area contributed by atoms with Crippen molar-refractivity contribution in [3.05, 3.63) is 30.3 Å². The minimum Gasteiger partial charge on any atom is -0.371 e. The predicted octanol–water partition coefficient (Wildman–Crippen LogP) is 2.02. The highest BCUT2D eigenvalue weighted by atomic mass is 127. The average Bonchev–Trinajstić information content (AvgIpc) is 3.06. The van der Waals surface area contributed by atoms with Crippen molar-refractivity contribution in [2.24, 2.45) is 10.9 Å². The monoisotopic (exact) mass is 386 g/mol. The fraction of sp³-hybridized carbons (Fsp3) is 0.533. The van der Waals surface area contributed by atoms with Crippen LogP contribution in [0, 0.1) is 5.92 Å². The number of rotatable bonds is 3. The topological polar surface area (TPSA) is 30.9 Å². The summed E-state index contributed by atoms with van der Waals surface area (Å²) in [6.07, 6.45) is 1.26. The lowest BCUT2D eigenvalue weighted by molar-refractivity contribution is 0.508. The number of para-hydroxylation sites is 1. The molecule has 3 rings (SSSR count). The maximum absolute atomic E-state index is 4.47. The summed E-state index contributed by atoms with van der Waals surface area (Å²) in [7, 11) is 2.10. The number of halogens is 1.